The third-order valence-corrected chi connectivity index (χ3v) is 2.67. The largest absolute Gasteiger partial charge is 0.480 e. The summed E-state index contributed by atoms with van der Waals surface area (Å²) in [5, 5.41) is 8.78. The summed E-state index contributed by atoms with van der Waals surface area (Å²) in [4.78, 5) is 23.7. The summed E-state index contributed by atoms with van der Waals surface area (Å²) in [5.74, 6) is -2.23. The third kappa shape index (κ3) is 1.64. The minimum Gasteiger partial charge on any atom is -0.480 e. The maximum absolute atomic E-state index is 13.3. The second-order valence-electron chi connectivity index (χ2n) is 3.62. The highest BCUT2D eigenvalue weighted by Crippen LogP contribution is 2.21. The molecule has 1 fully saturated rings. The lowest BCUT2D eigenvalue weighted by Gasteiger charge is -2.37. The summed E-state index contributed by atoms with van der Waals surface area (Å²) in [5.41, 5.74) is -0.0755. The average molecular weight is 223 g/mol. The zero-order chi connectivity index (χ0) is 11.7. The minimum atomic E-state index is -1.05. The van der Waals surface area contributed by atoms with Crippen LogP contribution in [0.25, 0.3) is 0 Å². The van der Waals surface area contributed by atoms with Gasteiger partial charge in [0.1, 0.15) is 11.9 Å². The molecule has 1 saturated heterocycles. The quantitative estimate of drug-likeness (QED) is 0.817. The number of carboxylic acid groups (broad SMARTS) is 1. The third-order valence-electron chi connectivity index (χ3n) is 2.67. The van der Waals surface area contributed by atoms with Crippen molar-refractivity contribution < 1.29 is 19.1 Å². The van der Waals surface area contributed by atoms with E-state index in [-0.39, 0.29) is 5.56 Å². The molecule has 1 N–H and O–H groups in total. The summed E-state index contributed by atoms with van der Waals surface area (Å²) in [6, 6.07) is 4.76. The van der Waals surface area contributed by atoms with E-state index in [9.17, 15) is 14.0 Å². The lowest BCUT2D eigenvalue weighted by Crippen LogP contribution is -2.55. The predicted molar refractivity (Wildman–Crippen MR) is 53.5 cm³/mol. The van der Waals surface area contributed by atoms with Crippen LogP contribution in [-0.2, 0) is 4.79 Å². The Labute approximate surface area is 91.3 Å². The summed E-state index contributed by atoms with van der Waals surface area (Å²) < 4.78 is 13.3. The van der Waals surface area contributed by atoms with Gasteiger partial charge in [0.15, 0.2) is 0 Å². The smallest absolute Gasteiger partial charge is 0.326 e. The van der Waals surface area contributed by atoms with Crippen LogP contribution >= 0.6 is 0 Å². The highest BCUT2D eigenvalue weighted by molar-refractivity contribution is 5.97. The number of carbonyl (C=O) groups excluding carboxylic acids is 1. The first kappa shape index (κ1) is 10.6. The van der Waals surface area contributed by atoms with Gasteiger partial charge in [-0.1, -0.05) is 12.1 Å². The average Bonchev–Trinajstić information content (AvgIpc) is 2.15. The van der Waals surface area contributed by atoms with Crippen molar-refractivity contribution in [1.82, 2.24) is 4.90 Å². The Bertz CT molecular complexity index is 447. The van der Waals surface area contributed by atoms with Crippen LogP contribution in [0, 0.1) is 5.82 Å². The number of amides is 1. The van der Waals surface area contributed by atoms with Crippen LogP contribution in [0.5, 0.6) is 0 Å². The van der Waals surface area contributed by atoms with Crippen LogP contribution in [0.2, 0.25) is 0 Å². The molecule has 2 rings (SSSR count). The van der Waals surface area contributed by atoms with Gasteiger partial charge in [-0.15, -0.1) is 0 Å². The number of halogens is 1. The predicted octanol–water partition coefficient (Wildman–Crippen LogP) is 1.12. The number of carbonyl (C=O) groups is 2. The highest BCUT2D eigenvalue weighted by Gasteiger charge is 2.38. The molecule has 0 radical (unpaired) electrons. The molecule has 1 heterocycles. The molecule has 1 aliphatic heterocycles. The van der Waals surface area contributed by atoms with Crippen LogP contribution in [-0.4, -0.2) is 34.5 Å². The van der Waals surface area contributed by atoms with Gasteiger partial charge in [-0.05, 0) is 18.6 Å². The van der Waals surface area contributed by atoms with E-state index in [4.69, 9.17) is 5.11 Å². The van der Waals surface area contributed by atoms with Crippen molar-refractivity contribution in [2.24, 2.45) is 0 Å². The number of benzene rings is 1. The van der Waals surface area contributed by atoms with E-state index in [0.29, 0.717) is 13.0 Å². The first-order chi connectivity index (χ1) is 7.61. The fraction of sp³-hybridized carbons (Fsp3) is 0.273. The van der Waals surface area contributed by atoms with Gasteiger partial charge in [0.25, 0.3) is 5.91 Å². The molecular weight excluding hydrogens is 213 g/mol. The molecule has 0 aliphatic carbocycles. The van der Waals surface area contributed by atoms with Crippen molar-refractivity contribution in [3.63, 3.8) is 0 Å². The molecule has 4 nitrogen and oxygen atoms in total. The Morgan fingerprint density at radius 1 is 1.38 bits per heavy atom. The van der Waals surface area contributed by atoms with Crippen molar-refractivity contribution in [3.05, 3.63) is 35.6 Å². The number of aliphatic carboxylic acids is 1. The summed E-state index contributed by atoms with van der Waals surface area (Å²) in [6.45, 7) is 0.365. The Balaban J connectivity index is 2.21. The van der Waals surface area contributed by atoms with Gasteiger partial charge < -0.3 is 10.0 Å². The molecular formula is C11H10FNO3. The van der Waals surface area contributed by atoms with E-state index < -0.39 is 23.7 Å². The molecule has 0 bridgehead atoms. The molecule has 1 unspecified atom stereocenters. The van der Waals surface area contributed by atoms with E-state index in [1.54, 1.807) is 6.07 Å². The number of carboxylic acids is 1. The highest BCUT2D eigenvalue weighted by atomic mass is 19.1. The lowest BCUT2D eigenvalue weighted by atomic mass is 10.0. The standard InChI is InChI=1S/C11H10FNO3/c12-8-4-2-1-3-7(8)10(14)13-6-5-9(13)11(15)16/h1-4,9H,5-6H2,(H,15,16). The van der Waals surface area contributed by atoms with Crippen molar-refractivity contribution in [1.29, 1.82) is 0 Å². The van der Waals surface area contributed by atoms with E-state index in [1.807, 2.05) is 0 Å². The van der Waals surface area contributed by atoms with Crippen LogP contribution in [0.15, 0.2) is 24.3 Å². The van der Waals surface area contributed by atoms with E-state index in [1.165, 1.54) is 23.1 Å². The molecule has 1 aromatic rings. The SMILES string of the molecule is O=C(O)C1CCN1C(=O)c1ccccc1F. The first-order valence-corrected chi connectivity index (χ1v) is 4.89. The van der Waals surface area contributed by atoms with Gasteiger partial charge in [0, 0.05) is 6.54 Å². The van der Waals surface area contributed by atoms with E-state index in [0.717, 1.165) is 0 Å². The topological polar surface area (TPSA) is 57.6 Å². The maximum atomic E-state index is 13.3. The molecule has 16 heavy (non-hydrogen) atoms. The van der Waals surface area contributed by atoms with Gasteiger partial charge in [-0.25, -0.2) is 9.18 Å². The number of likely N-dealkylation sites (tertiary alicyclic amines) is 1. The first-order valence-electron chi connectivity index (χ1n) is 4.89. The number of hydrogen-bond acceptors (Lipinski definition) is 2. The zero-order valence-electron chi connectivity index (χ0n) is 8.39. The molecule has 5 heteroatoms. The second-order valence-corrected chi connectivity index (χ2v) is 3.62. The molecule has 1 aromatic carbocycles. The van der Waals surface area contributed by atoms with Crippen molar-refractivity contribution in [3.8, 4) is 0 Å². The number of nitrogens with zero attached hydrogens (tertiary/aromatic N) is 1. The van der Waals surface area contributed by atoms with Gasteiger partial charge in [-0.3, -0.25) is 4.79 Å². The molecule has 84 valence electrons. The normalized spacial score (nSPS) is 19.1. The summed E-state index contributed by atoms with van der Waals surface area (Å²) >= 11 is 0. The Morgan fingerprint density at radius 3 is 2.56 bits per heavy atom. The monoisotopic (exact) mass is 223 g/mol. The van der Waals surface area contributed by atoms with Gasteiger partial charge >= 0.3 is 5.97 Å². The molecule has 0 spiro atoms. The Hall–Kier alpha value is -1.91. The lowest BCUT2D eigenvalue weighted by molar-refractivity contribution is -0.146. The minimum absolute atomic E-state index is 0.0755. The molecule has 1 aliphatic rings. The summed E-state index contributed by atoms with van der Waals surface area (Å²) in [7, 11) is 0. The van der Waals surface area contributed by atoms with Crippen LogP contribution in [0.1, 0.15) is 16.8 Å². The van der Waals surface area contributed by atoms with Crippen molar-refractivity contribution >= 4 is 11.9 Å². The van der Waals surface area contributed by atoms with Crippen molar-refractivity contribution in [2.75, 3.05) is 6.54 Å². The van der Waals surface area contributed by atoms with Gasteiger partial charge in [0.05, 0.1) is 5.56 Å². The Kier molecular flexibility index (Phi) is 2.60. The fourth-order valence-electron chi connectivity index (χ4n) is 1.68. The molecule has 0 saturated carbocycles. The Morgan fingerprint density at radius 2 is 2.06 bits per heavy atom. The number of hydrogen-bond donors (Lipinski definition) is 1. The maximum Gasteiger partial charge on any atom is 0.326 e. The van der Waals surface area contributed by atoms with Gasteiger partial charge in [0.2, 0.25) is 0 Å². The molecule has 0 aromatic heterocycles. The second kappa shape index (κ2) is 3.92. The number of rotatable bonds is 2. The van der Waals surface area contributed by atoms with E-state index >= 15 is 0 Å². The molecule has 1 amide bonds. The van der Waals surface area contributed by atoms with Crippen LogP contribution in [0.4, 0.5) is 4.39 Å². The zero-order valence-corrected chi connectivity index (χ0v) is 8.39. The molecule has 1 atom stereocenters. The van der Waals surface area contributed by atoms with Crippen LogP contribution < -0.4 is 0 Å². The summed E-state index contributed by atoms with van der Waals surface area (Å²) in [6.07, 6.45) is 0.426. The van der Waals surface area contributed by atoms with Crippen molar-refractivity contribution in [2.45, 2.75) is 12.5 Å². The van der Waals surface area contributed by atoms with Crippen LogP contribution in [0.3, 0.4) is 0 Å². The van der Waals surface area contributed by atoms with Gasteiger partial charge in [-0.2, -0.15) is 0 Å². The van der Waals surface area contributed by atoms with E-state index in [2.05, 4.69) is 0 Å². The fourth-order valence-corrected chi connectivity index (χ4v) is 1.68.